The first-order valence-corrected chi connectivity index (χ1v) is 11.3. The van der Waals surface area contributed by atoms with E-state index in [1.165, 1.54) is 42.1 Å². The molecule has 2 heterocycles. The second-order valence-electron chi connectivity index (χ2n) is 6.56. The number of para-hydroxylation sites is 1. The number of nitrogens with one attached hydrogen (secondary N) is 1. The molecule has 31 heavy (non-hydrogen) atoms. The van der Waals surface area contributed by atoms with Crippen molar-refractivity contribution in [1.82, 2.24) is 19.5 Å². The van der Waals surface area contributed by atoms with Crippen LogP contribution in [0.2, 0.25) is 5.02 Å². The average molecular weight is 468 g/mol. The minimum Gasteiger partial charge on any atom is -0.419 e. The molecule has 2 aromatic heterocycles. The van der Waals surface area contributed by atoms with Gasteiger partial charge in [-0.1, -0.05) is 31.0 Å². The van der Waals surface area contributed by atoms with Gasteiger partial charge in [-0.05, 0) is 24.6 Å². The third-order valence-corrected chi connectivity index (χ3v) is 5.70. The van der Waals surface area contributed by atoms with Gasteiger partial charge in [-0.25, -0.2) is 12.8 Å². The van der Waals surface area contributed by atoms with Crippen LogP contribution in [0.1, 0.15) is 19.8 Å². The van der Waals surface area contributed by atoms with Crippen LogP contribution in [0.15, 0.2) is 41.3 Å². The minimum absolute atomic E-state index is 0.0150. The number of aromatic nitrogens is 4. The van der Waals surface area contributed by atoms with E-state index >= 15 is 0 Å². The summed E-state index contributed by atoms with van der Waals surface area (Å²) < 4.78 is 47.7. The molecular formula is C19H19ClFN5O4S. The number of halogens is 2. The van der Waals surface area contributed by atoms with E-state index in [1.54, 1.807) is 0 Å². The summed E-state index contributed by atoms with van der Waals surface area (Å²) in [6.45, 7) is 1.86. The highest BCUT2D eigenvalue weighted by Gasteiger charge is 2.18. The molecule has 1 aromatic carbocycles. The van der Waals surface area contributed by atoms with Gasteiger partial charge in [0.1, 0.15) is 0 Å². The van der Waals surface area contributed by atoms with Crippen molar-refractivity contribution in [2.75, 3.05) is 10.5 Å². The van der Waals surface area contributed by atoms with Gasteiger partial charge >= 0.3 is 6.01 Å². The van der Waals surface area contributed by atoms with Crippen molar-refractivity contribution in [2.24, 2.45) is 7.05 Å². The smallest absolute Gasteiger partial charge is 0.327 e. The maximum atomic E-state index is 14.1. The van der Waals surface area contributed by atoms with Crippen LogP contribution in [-0.2, 0) is 17.1 Å². The topological polar surface area (TPSA) is 116 Å². The Labute approximate surface area is 183 Å². The molecule has 0 spiro atoms. The van der Waals surface area contributed by atoms with Crippen molar-refractivity contribution in [1.29, 1.82) is 0 Å². The van der Waals surface area contributed by atoms with Crippen molar-refractivity contribution in [3.8, 4) is 23.1 Å². The monoisotopic (exact) mass is 467 g/mol. The summed E-state index contributed by atoms with van der Waals surface area (Å²) in [4.78, 5) is 23.9. The van der Waals surface area contributed by atoms with Crippen LogP contribution in [0.5, 0.6) is 11.8 Å². The molecule has 0 amide bonds. The number of ether oxygens (including phenoxy) is 1. The van der Waals surface area contributed by atoms with E-state index in [0.717, 1.165) is 6.07 Å². The molecular weight excluding hydrogens is 449 g/mol. The van der Waals surface area contributed by atoms with Crippen LogP contribution in [0.4, 0.5) is 10.3 Å². The summed E-state index contributed by atoms with van der Waals surface area (Å²) in [5.41, 5.74) is 0.135. The van der Waals surface area contributed by atoms with Crippen LogP contribution in [0, 0.1) is 5.82 Å². The van der Waals surface area contributed by atoms with E-state index in [2.05, 4.69) is 19.7 Å². The molecule has 0 atom stereocenters. The van der Waals surface area contributed by atoms with Crippen molar-refractivity contribution >= 4 is 27.6 Å². The lowest BCUT2D eigenvalue weighted by Crippen LogP contribution is -2.19. The molecule has 1 N–H and O–H groups in total. The van der Waals surface area contributed by atoms with Gasteiger partial charge in [0.05, 0.1) is 10.8 Å². The zero-order chi connectivity index (χ0) is 22.6. The molecule has 0 unspecified atom stereocenters. The van der Waals surface area contributed by atoms with E-state index < -0.39 is 15.8 Å². The SMILES string of the molecule is CCCCS(=O)(=O)Nc1nc(Oc2c(F)cccc2Cl)nc(-c2ccc(=O)n(C)c2)n1. The molecule has 0 saturated heterocycles. The van der Waals surface area contributed by atoms with Gasteiger partial charge in [0, 0.05) is 24.9 Å². The fourth-order valence-electron chi connectivity index (χ4n) is 2.50. The van der Waals surface area contributed by atoms with E-state index in [9.17, 15) is 17.6 Å². The summed E-state index contributed by atoms with van der Waals surface area (Å²) in [5, 5.41) is -0.0193. The second kappa shape index (κ2) is 9.40. The molecule has 0 bridgehead atoms. The molecule has 164 valence electrons. The molecule has 0 fully saturated rings. The van der Waals surface area contributed by atoms with Gasteiger partial charge in [0.2, 0.25) is 21.5 Å². The number of hydrogen-bond donors (Lipinski definition) is 1. The predicted molar refractivity (Wildman–Crippen MR) is 114 cm³/mol. The molecule has 9 nitrogen and oxygen atoms in total. The van der Waals surface area contributed by atoms with Crippen LogP contribution >= 0.6 is 11.6 Å². The third-order valence-electron chi connectivity index (χ3n) is 4.08. The predicted octanol–water partition coefficient (Wildman–Crippen LogP) is 3.36. The molecule has 12 heteroatoms. The Morgan fingerprint density at radius 3 is 2.65 bits per heavy atom. The van der Waals surface area contributed by atoms with Gasteiger partial charge in [-0.3, -0.25) is 9.52 Å². The van der Waals surface area contributed by atoms with Gasteiger partial charge in [0.15, 0.2) is 17.4 Å². The van der Waals surface area contributed by atoms with Crippen LogP contribution < -0.4 is 15.0 Å². The third kappa shape index (κ3) is 5.76. The van der Waals surface area contributed by atoms with Crippen LogP contribution in [-0.4, -0.2) is 33.7 Å². The molecule has 3 aromatic rings. The lowest BCUT2D eigenvalue weighted by atomic mass is 10.2. The van der Waals surface area contributed by atoms with Crippen LogP contribution in [0.3, 0.4) is 0 Å². The highest BCUT2D eigenvalue weighted by atomic mass is 35.5. The normalized spacial score (nSPS) is 11.4. The number of nitrogens with zero attached hydrogens (tertiary/aromatic N) is 4. The Kier molecular flexibility index (Phi) is 6.86. The fourth-order valence-corrected chi connectivity index (χ4v) is 3.84. The van der Waals surface area contributed by atoms with E-state index in [1.807, 2.05) is 6.92 Å². The summed E-state index contributed by atoms with van der Waals surface area (Å²) in [6.07, 6.45) is 2.59. The molecule has 0 aliphatic carbocycles. The van der Waals surface area contributed by atoms with Crippen molar-refractivity contribution in [3.05, 3.63) is 57.7 Å². The van der Waals surface area contributed by atoms with E-state index in [4.69, 9.17) is 16.3 Å². The lowest BCUT2D eigenvalue weighted by molar-refractivity contribution is 0.411. The maximum absolute atomic E-state index is 14.1. The first-order valence-electron chi connectivity index (χ1n) is 9.24. The standard InChI is InChI=1S/C19H19ClFN5O4S/c1-3-4-10-31(28,29)25-18-22-17(12-8-9-15(27)26(2)11-12)23-19(24-18)30-16-13(20)6-5-7-14(16)21/h5-9,11H,3-4,10H2,1-2H3,(H,22,23,24,25). The Morgan fingerprint density at radius 2 is 1.97 bits per heavy atom. The van der Waals surface area contributed by atoms with E-state index in [-0.39, 0.29) is 39.9 Å². The van der Waals surface area contributed by atoms with Gasteiger partial charge in [0.25, 0.3) is 0 Å². The minimum atomic E-state index is -3.73. The first kappa shape index (κ1) is 22.6. The zero-order valence-electron chi connectivity index (χ0n) is 16.7. The number of pyridine rings is 1. The zero-order valence-corrected chi connectivity index (χ0v) is 18.2. The number of anilines is 1. The summed E-state index contributed by atoms with van der Waals surface area (Å²) >= 11 is 5.99. The Balaban J connectivity index is 2.07. The number of rotatable bonds is 8. The van der Waals surface area contributed by atoms with E-state index in [0.29, 0.717) is 18.4 Å². The average Bonchev–Trinajstić information content (AvgIpc) is 2.71. The van der Waals surface area contributed by atoms with Crippen molar-refractivity contribution in [3.63, 3.8) is 0 Å². The number of unbranched alkanes of at least 4 members (excludes halogenated alkanes) is 1. The quantitative estimate of drug-likeness (QED) is 0.539. The lowest BCUT2D eigenvalue weighted by Gasteiger charge is -2.11. The fraction of sp³-hybridized carbons (Fsp3) is 0.263. The summed E-state index contributed by atoms with van der Waals surface area (Å²) in [7, 11) is -2.19. The van der Waals surface area contributed by atoms with Gasteiger partial charge in [-0.2, -0.15) is 15.0 Å². The second-order valence-corrected chi connectivity index (χ2v) is 8.81. The highest BCUT2D eigenvalue weighted by molar-refractivity contribution is 7.92. The molecule has 0 saturated carbocycles. The highest BCUT2D eigenvalue weighted by Crippen LogP contribution is 2.31. The molecule has 0 aliphatic heterocycles. The van der Waals surface area contributed by atoms with Crippen LogP contribution in [0.25, 0.3) is 11.4 Å². The molecule has 0 radical (unpaired) electrons. The number of aryl methyl sites for hydroxylation is 1. The maximum Gasteiger partial charge on any atom is 0.327 e. The number of sulfonamides is 1. The summed E-state index contributed by atoms with van der Waals surface area (Å²) in [6, 6.07) is 6.36. The Bertz CT molecular complexity index is 1250. The largest absolute Gasteiger partial charge is 0.419 e. The first-order chi connectivity index (χ1) is 14.7. The van der Waals surface area contributed by atoms with Crippen molar-refractivity contribution in [2.45, 2.75) is 19.8 Å². The number of hydrogen-bond acceptors (Lipinski definition) is 7. The van der Waals surface area contributed by atoms with Gasteiger partial charge < -0.3 is 9.30 Å². The Morgan fingerprint density at radius 1 is 1.19 bits per heavy atom. The number of benzene rings is 1. The van der Waals surface area contributed by atoms with Gasteiger partial charge in [-0.15, -0.1) is 0 Å². The molecule has 0 aliphatic rings. The van der Waals surface area contributed by atoms with Crippen molar-refractivity contribution < 1.29 is 17.5 Å². The molecule has 3 rings (SSSR count). The Hall–Kier alpha value is -3.05. The summed E-state index contributed by atoms with van der Waals surface area (Å²) in [5.74, 6) is -1.48.